The molecule has 13 heteroatoms. The van der Waals surface area contributed by atoms with Gasteiger partial charge in [0, 0.05) is 5.69 Å². The number of carbonyl (C=O) groups is 1. The van der Waals surface area contributed by atoms with Gasteiger partial charge in [-0.1, -0.05) is 6.07 Å². The molecule has 4 rings (SSSR count). The van der Waals surface area contributed by atoms with E-state index in [0.717, 1.165) is 6.20 Å². The van der Waals surface area contributed by atoms with Crippen LogP contribution in [0.5, 0.6) is 5.75 Å². The number of benzene rings is 1. The Morgan fingerprint density at radius 2 is 1.91 bits per heavy atom. The second kappa shape index (κ2) is 7.94. The fourth-order valence-electron chi connectivity index (χ4n) is 3.02. The van der Waals surface area contributed by atoms with E-state index < -0.39 is 21.4 Å². The molecule has 1 aliphatic rings. The maximum atomic E-state index is 14.3. The quantitative estimate of drug-likeness (QED) is 0.436. The van der Waals surface area contributed by atoms with E-state index in [2.05, 4.69) is 30.9 Å². The summed E-state index contributed by atoms with van der Waals surface area (Å²) in [5.74, 6) is -0.547. The predicted molar refractivity (Wildman–Crippen MR) is 119 cm³/mol. The number of aryl methyl sites for hydroxylation is 1. The number of hydrogen-bond donors (Lipinski definition) is 4. The Kier molecular flexibility index (Phi) is 5.38. The molecule has 1 aromatic carbocycles. The molecule has 0 saturated carbocycles. The zero-order valence-corrected chi connectivity index (χ0v) is 18.6. The Bertz CT molecular complexity index is 1380. The average Bonchev–Trinajstić information content (AvgIpc) is 2.72. The van der Waals surface area contributed by atoms with Crippen LogP contribution in [0.15, 0.2) is 41.4 Å². The molecule has 3 aromatic rings. The van der Waals surface area contributed by atoms with Crippen molar-refractivity contribution in [3.8, 4) is 5.75 Å². The standard InChI is InChI=1S/C20H20FN7O4S/c1-10-4-5-11(8-14(10)33(22,30)31)24-19-23-9-12(21)16(28-19)25-15-7-6-13-17(26-15)27-18(29)20(2,3)32-13/h4-9H,1-3H3,(H2,22,30,31)(H3,23,24,25,26,27,28,29). The van der Waals surface area contributed by atoms with Crippen molar-refractivity contribution >= 4 is 45.0 Å². The molecule has 0 radical (unpaired) electrons. The van der Waals surface area contributed by atoms with Crippen LogP contribution in [0.3, 0.4) is 0 Å². The second-order valence-electron chi connectivity index (χ2n) is 7.78. The maximum absolute atomic E-state index is 14.3. The topological polar surface area (TPSA) is 161 Å². The maximum Gasteiger partial charge on any atom is 0.269 e. The number of carbonyl (C=O) groups excluding carboxylic acids is 1. The van der Waals surface area contributed by atoms with Crippen molar-refractivity contribution in [2.75, 3.05) is 16.0 Å². The first-order valence-electron chi connectivity index (χ1n) is 9.64. The monoisotopic (exact) mass is 473 g/mol. The van der Waals surface area contributed by atoms with Crippen molar-refractivity contribution in [1.29, 1.82) is 0 Å². The summed E-state index contributed by atoms with van der Waals surface area (Å²) >= 11 is 0. The number of aromatic nitrogens is 3. The number of rotatable bonds is 5. The minimum atomic E-state index is -3.92. The SMILES string of the molecule is Cc1ccc(Nc2ncc(F)c(Nc3ccc4c(n3)NC(=O)C(C)(C)O4)n2)cc1S(N)(=O)=O. The summed E-state index contributed by atoms with van der Waals surface area (Å²) < 4.78 is 43.4. The highest BCUT2D eigenvalue weighted by molar-refractivity contribution is 7.89. The van der Waals surface area contributed by atoms with Gasteiger partial charge in [0.25, 0.3) is 5.91 Å². The Hall–Kier alpha value is -3.84. The van der Waals surface area contributed by atoms with Crippen molar-refractivity contribution in [1.82, 2.24) is 15.0 Å². The largest absolute Gasteiger partial charge is 0.474 e. The minimum Gasteiger partial charge on any atom is -0.474 e. The van der Waals surface area contributed by atoms with Crippen molar-refractivity contribution < 1.29 is 22.3 Å². The van der Waals surface area contributed by atoms with E-state index in [1.807, 2.05) is 0 Å². The van der Waals surface area contributed by atoms with E-state index in [1.54, 1.807) is 45.0 Å². The van der Waals surface area contributed by atoms with E-state index >= 15 is 0 Å². The Labute approximate surface area is 188 Å². The van der Waals surface area contributed by atoms with Gasteiger partial charge in [-0.05, 0) is 50.6 Å². The van der Waals surface area contributed by atoms with Crippen LogP contribution < -0.4 is 25.8 Å². The van der Waals surface area contributed by atoms with Gasteiger partial charge in [0.2, 0.25) is 16.0 Å². The lowest BCUT2D eigenvalue weighted by atomic mass is 10.1. The van der Waals surface area contributed by atoms with Crippen molar-refractivity contribution in [3.05, 3.63) is 47.9 Å². The van der Waals surface area contributed by atoms with Crippen LogP contribution in [0.25, 0.3) is 0 Å². The fraction of sp³-hybridized carbons (Fsp3) is 0.200. The van der Waals surface area contributed by atoms with E-state index in [-0.39, 0.29) is 34.2 Å². The summed E-state index contributed by atoms with van der Waals surface area (Å²) in [7, 11) is -3.92. The number of amides is 1. The zero-order chi connectivity index (χ0) is 24.0. The first kappa shape index (κ1) is 22.4. The number of nitrogens with one attached hydrogen (secondary N) is 3. The van der Waals surface area contributed by atoms with Crippen LogP contribution in [-0.2, 0) is 14.8 Å². The summed E-state index contributed by atoms with van der Waals surface area (Å²) in [4.78, 5) is 24.2. The molecule has 1 aliphatic heterocycles. The number of ether oxygens (including phenoxy) is 1. The Morgan fingerprint density at radius 1 is 1.15 bits per heavy atom. The van der Waals surface area contributed by atoms with Gasteiger partial charge in [0.1, 0.15) is 5.82 Å². The first-order chi connectivity index (χ1) is 15.4. The molecule has 1 amide bonds. The molecule has 0 spiro atoms. The van der Waals surface area contributed by atoms with Gasteiger partial charge in [-0.2, -0.15) is 4.98 Å². The highest BCUT2D eigenvalue weighted by atomic mass is 32.2. The normalized spacial score (nSPS) is 14.6. The van der Waals surface area contributed by atoms with E-state index in [0.29, 0.717) is 17.0 Å². The van der Waals surface area contributed by atoms with Crippen molar-refractivity contribution in [2.45, 2.75) is 31.3 Å². The second-order valence-corrected chi connectivity index (χ2v) is 9.31. The van der Waals surface area contributed by atoms with Crippen molar-refractivity contribution in [3.63, 3.8) is 0 Å². The number of nitrogens with zero attached hydrogens (tertiary/aromatic N) is 3. The molecule has 0 aliphatic carbocycles. The number of primary sulfonamides is 1. The summed E-state index contributed by atoms with van der Waals surface area (Å²) in [5.41, 5.74) is -0.220. The van der Waals surface area contributed by atoms with Gasteiger partial charge in [-0.3, -0.25) is 4.79 Å². The smallest absolute Gasteiger partial charge is 0.269 e. The van der Waals surface area contributed by atoms with Gasteiger partial charge in [0.15, 0.2) is 28.8 Å². The third kappa shape index (κ3) is 4.68. The van der Waals surface area contributed by atoms with Gasteiger partial charge in [-0.15, -0.1) is 0 Å². The van der Waals surface area contributed by atoms with Gasteiger partial charge in [0.05, 0.1) is 11.1 Å². The van der Waals surface area contributed by atoms with Crippen LogP contribution in [0, 0.1) is 12.7 Å². The van der Waals surface area contributed by atoms with Crippen molar-refractivity contribution in [2.24, 2.45) is 5.14 Å². The molecule has 2 aromatic heterocycles. The highest BCUT2D eigenvalue weighted by Gasteiger charge is 2.36. The molecular formula is C20H20FN7O4S. The lowest BCUT2D eigenvalue weighted by Crippen LogP contribution is -2.46. The first-order valence-corrected chi connectivity index (χ1v) is 11.2. The Morgan fingerprint density at radius 3 is 2.64 bits per heavy atom. The molecule has 0 bridgehead atoms. The summed E-state index contributed by atoms with van der Waals surface area (Å²) in [5, 5.41) is 13.4. The number of pyridine rings is 1. The zero-order valence-electron chi connectivity index (χ0n) is 17.8. The molecule has 172 valence electrons. The number of hydrogen-bond acceptors (Lipinski definition) is 9. The van der Waals surface area contributed by atoms with Crippen LogP contribution in [0.1, 0.15) is 19.4 Å². The number of fused-ring (bicyclic) bond motifs is 1. The van der Waals surface area contributed by atoms with E-state index in [4.69, 9.17) is 9.88 Å². The third-order valence-electron chi connectivity index (χ3n) is 4.74. The molecule has 5 N–H and O–H groups in total. The summed E-state index contributed by atoms with van der Waals surface area (Å²) in [6, 6.07) is 7.64. The molecule has 33 heavy (non-hydrogen) atoms. The molecular weight excluding hydrogens is 453 g/mol. The van der Waals surface area contributed by atoms with E-state index in [9.17, 15) is 17.6 Å². The lowest BCUT2D eigenvalue weighted by molar-refractivity contribution is -0.129. The number of sulfonamides is 1. The van der Waals surface area contributed by atoms with Crippen LogP contribution >= 0.6 is 0 Å². The van der Waals surface area contributed by atoms with Gasteiger partial charge in [-0.25, -0.2) is 27.9 Å². The lowest BCUT2D eigenvalue weighted by Gasteiger charge is -2.30. The van der Waals surface area contributed by atoms with Crippen LogP contribution in [-0.4, -0.2) is 34.9 Å². The minimum absolute atomic E-state index is 0.000492. The summed E-state index contributed by atoms with van der Waals surface area (Å²) in [6.07, 6.45) is 0.943. The molecule has 0 saturated heterocycles. The van der Waals surface area contributed by atoms with Crippen LogP contribution in [0.4, 0.5) is 33.5 Å². The summed E-state index contributed by atoms with van der Waals surface area (Å²) in [6.45, 7) is 4.87. The number of halogens is 1. The Balaban J connectivity index is 1.58. The molecule has 11 nitrogen and oxygen atoms in total. The molecule has 0 unspecified atom stereocenters. The number of nitrogens with two attached hydrogens (primary N) is 1. The fourth-order valence-corrected chi connectivity index (χ4v) is 3.83. The molecule has 3 heterocycles. The van der Waals surface area contributed by atoms with Gasteiger partial charge >= 0.3 is 0 Å². The predicted octanol–water partition coefficient (Wildman–Crippen LogP) is 2.56. The van der Waals surface area contributed by atoms with Gasteiger partial charge < -0.3 is 20.7 Å². The number of anilines is 5. The molecule has 0 atom stereocenters. The highest BCUT2D eigenvalue weighted by Crippen LogP contribution is 2.33. The molecule has 0 fully saturated rings. The van der Waals surface area contributed by atoms with E-state index in [1.165, 1.54) is 6.07 Å². The third-order valence-corrected chi connectivity index (χ3v) is 5.80. The average molecular weight is 473 g/mol. The van der Waals surface area contributed by atoms with Crippen LogP contribution in [0.2, 0.25) is 0 Å².